The fraction of sp³-hybridized carbons (Fsp3) is 0.632. The van der Waals surface area contributed by atoms with Crippen molar-refractivity contribution in [2.75, 3.05) is 18.4 Å². The lowest BCUT2D eigenvalue weighted by atomic mass is 9.94. The molecule has 2 heterocycles. The van der Waals surface area contributed by atoms with E-state index in [1.807, 2.05) is 13.8 Å². The minimum absolute atomic E-state index is 0.0497. The molecule has 2 saturated heterocycles. The van der Waals surface area contributed by atoms with E-state index in [1.54, 1.807) is 17.0 Å². The normalized spacial score (nSPS) is 23.8. The number of nitro groups is 1. The summed E-state index contributed by atoms with van der Waals surface area (Å²) in [4.78, 5) is 25.3. The highest BCUT2D eigenvalue weighted by atomic mass is 16.6. The lowest BCUT2D eigenvalue weighted by molar-refractivity contribution is -0.385. The Morgan fingerprint density at radius 3 is 2.46 bits per heavy atom. The van der Waals surface area contributed by atoms with Crippen LogP contribution in [0.1, 0.15) is 57.3 Å². The van der Waals surface area contributed by atoms with Crippen LogP contribution in [-0.2, 0) is 4.74 Å². The van der Waals surface area contributed by atoms with Crippen LogP contribution in [0.15, 0.2) is 18.2 Å². The second-order valence-electron chi connectivity index (χ2n) is 8.35. The van der Waals surface area contributed by atoms with Gasteiger partial charge in [-0.1, -0.05) is 0 Å². The summed E-state index contributed by atoms with van der Waals surface area (Å²) in [6.45, 7) is 9.47. The van der Waals surface area contributed by atoms with Crippen molar-refractivity contribution in [3.63, 3.8) is 0 Å². The Morgan fingerprint density at radius 2 is 1.92 bits per heavy atom. The third-order valence-corrected chi connectivity index (χ3v) is 5.23. The van der Waals surface area contributed by atoms with E-state index in [-0.39, 0.29) is 34.4 Å². The molecule has 1 aromatic carbocycles. The van der Waals surface area contributed by atoms with Gasteiger partial charge >= 0.3 is 0 Å². The molecule has 1 N–H and O–H groups in total. The largest absolute Gasteiger partial charge is 0.379 e. The Morgan fingerprint density at radius 1 is 1.27 bits per heavy atom. The van der Waals surface area contributed by atoms with Crippen LogP contribution in [0.25, 0.3) is 0 Å². The number of anilines is 1. The van der Waals surface area contributed by atoms with Crippen molar-refractivity contribution >= 4 is 17.3 Å². The first kappa shape index (κ1) is 18.6. The van der Waals surface area contributed by atoms with Gasteiger partial charge in [0.05, 0.1) is 22.2 Å². The average Bonchev–Trinajstić information content (AvgIpc) is 3.12. The summed E-state index contributed by atoms with van der Waals surface area (Å²) in [5.74, 6) is -0.264. The lowest BCUT2D eigenvalue weighted by Crippen LogP contribution is -2.38. The van der Waals surface area contributed by atoms with Crippen molar-refractivity contribution < 1.29 is 14.5 Å². The van der Waals surface area contributed by atoms with Gasteiger partial charge in [0.25, 0.3) is 11.6 Å². The number of benzene rings is 1. The van der Waals surface area contributed by atoms with Gasteiger partial charge in [0.1, 0.15) is 5.56 Å². The summed E-state index contributed by atoms with van der Waals surface area (Å²) in [6, 6.07) is 4.74. The maximum absolute atomic E-state index is 12.8. The van der Waals surface area contributed by atoms with Crippen LogP contribution >= 0.6 is 0 Å². The molecule has 0 aliphatic carbocycles. The Labute approximate surface area is 153 Å². The number of nitro benzene ring substituents is 1. The Balaban J connectivity index is 1.88. The number of hydrogen-bond acceptors (Lipinski definition) is 5. The molecule has 0 radical (unpaired) electrons. The monoisotopic (exact) mass is 361 g/mol. The quantitative estimate of drug-likeness (QED) is 0.654. The van der Waals surface area contributed by atoms with Crippen LogP contribution in [0.2, 0.25) is 0 Å². The SMILES string of the molecule is CC1(C)CC(Nc2ccc([N+](=O)[O-])c(C(=O)N3CCCC3)c2)C(C)(C)O1. The van der Waals surface area contributed by atoms with E-state index in [0.29, 0.717) is 18.8 Å². The van der Waals surface area contributed by atoms with E-state index < -0.39 is 4.92 Å². The van der Waals surface area contributed by atoms with Gasteiger partial charge in [-0.25, -0.2) is 0 Å². The van der Waals surface area contributed by atoms with Crippen molar-refractivity contribution in [3.8, 4) is 0 Å². The third-order valence-electron chi connectivity index (χ3n) is 5.23. The van der Waals surface area contributed by atoms with E-state index in [4.69, 9.17) is 4.74 Å². The molecule has 0 spiro atoms. The summed E-state index contributed by atoms with van der Waals surface area (Å²) >= 11 is 0. The van der Waals surface area contributed by atoms with Crippen LogP contribution < -0.4 is 5.32 Å². The summed E-state index contributed by atoms with van der Waals surface area (Å²) in [6.07, 6.45) is 2.70. The molecule has 2 aliphatic rings. The number of nitrogens with one attached hydrogen (secondary N) is 1. The topological polar surface area (TPSA) is 84.7 Å². The van der Waals surface area contributed by atoms with E-state index >= 15 is 0 Å². The minimum Gasteiger partial charge on any atom is -0.379 e. The van der Waals surface area contributed by atoms with Crippen molar-refractivity contribution in [3.05, 3.63) is 33.9 Å². The Hall–Kier alpha value is -2.15. The standard InChI is InChI=1S/C19H27N3O4/c1-18(2)12-16(19(3,4)26-18)20-13-7-8-15(22(24)25)14(11-13)17(23)21-9-5-6-10-21/h7-8,11,16,20H,5-6,9-10,12H2,1-4H3. The zero-order valence-electron chi connectivity index (χ0n) is 15.9. The van der Waals surface area contributed by atoms with E-state index in [1.165, 1.54) is 6.07 Å². The number of carbonyl (C=O) groups is 1. The summed E-state index contributed by atoms with van der Waals surface area (Å²) in [7, 11) is 0. The number of hydrogen-bond donors (Lipinski definition) is 1. The van der Waals surface area contributed by atoms with Crippen LogP contribution in [0.5, 0.6) is 0 Å². The molecule has 142 valence electrons. The highest BCUT2D eigenvalue weighted by Gasteiger charge is 2.46. The van der Waals surface area contributed by atoms with Gasteiger partial charge in [-0.2, -0.15) is 0 Å². The Kier molecular flexibility index (Phi) is 4.69. The van der Waals surface area contributed by atoms with Crippen LogP contribution in [0.4, 0.5) is 11.4 Å². The molecule has 7 nitrogen and oxygen atoms in total. The number of rotatable bonds is 4. The zero-order valence-corrected chi connectivity index (χ0v) is 15.9. The maximum atomic E-state index is 12.8. The van der Waals surface area contributed by atoms with Crippen LogP contribution in [0, 0.1) is 10.1 Å². The van der Waals surface area contributed by atoms with Gasteiger partial charge in [-0.15, -0.1) is 0 Å². The molecule has 2 aliphatic heterocycles. The molecule has 2 fully saturated rings. The number of ether oxygens (including phenoxy) is 1. The molecular formula is C19H27N3O4. The summed E-state index contributed by atoms with van der Waals surface area (Å²) in [5.41, 5.74) is 0.102. The molecule has 1 unspecified atom stereocenters. The van der Waals surface area contributed by atoms with Gasteiger partial charge in [-0.05, 0) is 59.1 Å². The predicted molar refractivity (Wildman–Crippen MR) is 99.5 cm³/mol. The fourth-order valence-corrected chi connectivity index (χ4v) is 4.04. The lowest BCUT2D eigenvalue weighted by Gasteiger charge is -2.28. The van der Waals surface area contributed by atoms with Crippen molar-refractivity contribution in [2.24, 2.45) is 0 Å². The van der Waals surface area contributed by atoms with Gasteiger partial charge in [-0.3, -0.25) is 14.9 Å². The van der Waals surface area contributed by atoms with Gasteiger partial charge in [0.15, 0.2) is 0 Å². The summed E-state index contributed by atoms with van der Waals surface area (Å²) < 4.78 is 6.10. The first-order valence-electron chi connectivity index (χ1n) is 9.13. The third kappa shape index (κ3) is 3.67. The van der Waals surface area contributed by atoms with Crippen molar-refractivity contribution in [1.29, 1.82) is 0 Å². The summed E-state index contributed by atoms with van der Waals surface area (Å²) in [5, 5.41) is 14.8. The molecule has 0 saturated carbocycles. The second-order valence-corrected chi connectivity index (χ2v) is 8.35. The van der Waals surface area contributed by atoms with Crippen molar-refractivity contribution in [2.45, 2.75) is 64.2 Å². The van der Waals surface area contributed by atoms with Gasteiger partial charge < -0.3 is 15.0 Å². The molecule has 1 aromatic rings. The smallest absolute Gasteiger partial charge is 0.282 e. The van der Waals surface area contributed by atoms with Crippen molar-refractivity contribution in [1.82, 2.24) is 4.90 Å². The molecule has 7 heteroatoms. The number of likely N-dealkylation sites (tertiary alicyclic amines) is 1. The predicted octanol–water partition coefficient (Wildman–Crippen LogP) is 3.59. The molecule has 1 atom stereocenters. The van der Waals surface area contributed by atoms with Gasteiger partial charge in [0.2, 0.25) is 0 Å². The van der Waals surface area contributed by atoms with E-state index in [2.05, 4.69) is 19.2 Å². The highest BCUT2D eigenvalue weighted by molar-refractivity contribution is 5.99. The van der Waals surface area contributed by atoms with Crippen LogP contribution in [-0.4, -0.2) is 46.1 Å². The Bertz CT molecular complexity index is 723. The molecule has 26 heavy (non-hydrogen) atoms. The zero-order chi connectivity index (χ0) is 19.1. The molecule has 0 bridgehead atoms. The number of amides is 1. The molecular weight excluding hydrogens is 334 g/mol. The fourth-order valence-electron chi connectivity index (χ4n) is 4.04. The maximum Gasteiger partial charge on any atom is 0.282 e. The molecule has 1 amide bonds. The second kappa shape index (κ2) is 6.54. The van der Waals surface area contributed by atoms with Crippen LogP contribution in [0.3, 0.4) is 0 Å². The molecule has 0 aromatic heterocycles. The first-order valence-corrected chi connectivity index (χ1v) is 9.13. The number of nitrogens with zero attached hydrogens (tertiary/aromatic N) is 2. The first-order chi connectivity index (χ1) is 12.1. The average molecular weight is 361 g/mol. The van der Waals surface area contributed by atoms with E-state index in [0.717, 1.165) is 19.3 Å². The highest BCUT2D eigenvalue weighted by Crippen LogP contribution is 2.39. The molecule has 3 rings (SSSR count). The number of carbonyl (C=O) groups excluding carboxylic acids is 1. The van der Waals surface area contributed by atoms with E-state index in [9.17, 15) is 14.9 Å². The van der Waals surface area contributed by atoms with Gasteiger partial charge in [0, 0.05) is 24.8 Å². The minimum atomic E-state index is -0.487.